The Morgan fingerprint density at radius 1 is 1.67 bits per heavy atom. The Morgan fingerprint density at radius 2 is 2.25 bits per heavy atom. The van der Waals surface area contributed by atoms with Gasteiger partial charge in [-0.3, -0.25) is 0 Å². The molecule has 1 heterocycles. The van der Waals surface area contributed by atoms with E-state index in [1.54, 1.807) is 6.92 Å². The number of ether oxygens (including phenoxy) is 1. The van der Waals surface area contributed by atoms with Crippen LogP contribution in [-0.4, -0.2) is 22.9 Å². The van der Waals surface area contributed by atoms with Crippen molar-refractivity contribution in [1.82, 2.24) is 0 Å². The van der Waals surface area contributed by atoms with Crippen LogP contribution in [0.2, 0.25) is 0 Å². The summed E-state index contributed by atoms with van der Waals surface area (Å²) in [6, 6.07) is 0. The van der Waals surface area contributed by atoms with E-state index < -0.39 is 0 Å². The fraction of sp³-hybridized carbons (Fsp3) is 0.800. The molecule has 12 heavy (non-hydrogen) atoms. The van der Waals surface area contributed by atoms with Crippen LogP contribution in [0, 0.1) is 0 Å². The molecule has 0 aromatic carbocycles. The summed E-state index contributed by atoms with van der Waals surface area (Å²) in [7, 11) is 0. The van der Waals surface area contributed by atoms with Gasteiger partial charge in [0.15, 0.2) is 0 Å². The van der Waals surface area contributed by atoms with E-state index in [1.807, 2.05) is 6.92 Å². The molecule has 0 saturated carbocycles. The Bertz CT molecular complexity index is 192. The minimum Gasteiger partial charge on any atom is -0.390 e. The SMILES string of the molecule is CC(C)=CCC1OC1(C)C(C)O. The van der Waals surface area contributed by atoms with Gasteiger partial charge in [-0.2, -0.15) is 0 Å². The first-order valence-corrected chi connectivity index (χ1v) is 4.46. The molecule has 1 aliphatic rings. The highest BCUT2D eigenvalue weighted by molar-refractivity contribution is 5.07. The van der Waals surface area contributed by atoms with Crippen LogP contribution in [0.4, 0.5) is 0 Å². The Balaban J connectivity index is 2.37. The average molecular weight is 170 g/mol. The number of hydrogen-bond donors (Lipinski definition) is 1. The van der Waals surface area contributed by atoms with Crippen molar-refractivity contribution >= 4 is 0 Å². The maximum absolute atomic E-state index is 9.34. The lowest BCUT2D eigenvalue weighted by atomic mass is 9.99. The molecule has 1 rings (SSSR count). The smallest absolute Gasteiger partial charge is 0.118 e. The van der Waals surface area contributed by atoms with Crippen molar-refractivity contribution in [3.8, 4) is 0 Å². The van der Waals surface area contributed by atoms with Gasteiger partial charge in [-0.15, -0.1) is 0 Å². The molecule has 0 bridgehead atoms. The van der Waals surface area contributed by atoms with Crippen LogP contribution < -0.4 is 0 Å². The van der Waals surface area contributed by atoms with Gasteiger partial charge in [0.1, 0.15) is 5.60 Å². The molecular formula is C10H18O2. The summed E-state index contributed by atoms with van der Waals surface area (Å²) in [5, 5.41) is 9.34. The average Bonchev–Trinajstić information content (AvgIpc) is 2.59. The first-order valence-electron chi connectivity index (χ1n) is 4.46. The van der Waals surface area contributed by atoms with Gasteiger partial charge in [0.05, 0.1) is 12.2 Å². The Kier molecular flexibility index (Phi) is 2.59. The van der Waals surface area contributed by atoms with Crippen molar-refractivity contribution in [1.29, 1.82) is 0 Å². The van der Waals surface area contributed by atoms with Gasteiger partial charge in [-0.05, 0) is 34.1 Å². The molecule has 70 valence electrons. The van der Waals surface area contributed by atoms with E-state index in [9.17, 15) is 5.11 Å². The molecule has 0 spiro atoms. The van der Waals surface area contributed by atoms with Crippen molar-refractivity contribution in [2.24, 2.45) is 0 Å². The Hall–Kier alpha value is -0.340. The van der Waals surface area contributed by atoms with E-state index in [0.717, 1.165) is 6.42 Å². The molecule has 0 radical (unpaired) electrons. The van der Waals surface area contributed by atoms with Gasteiger partial charge in [0.2, 0.25) is 0 Å². The van der Waals surface area contributed by atoms with Gasteiger partial charge in [0, 0.05) is 0 Å². The molecule has 2 nitrogen and oxygen atoms in total. The third kappa shape index (κ3) is 1.87. The Labute approximate surface area is 74.2 Å². The lowest BCUT2D eigenvalue weighted by Crippen LogP contribution is -2.25. The first-order chi connectivity index (χ1) is 5.47. The highest BCUT2D eigenvalue weighted by Crippen LogP contribution is 2.41. The van der Waals surface area contributed by atoms with Crippen LogP contribution in [0.5, 0.6) is 0 Å². The molecular weight excluding hydrogens is 152 g/mol. The van der Waals surface area contributed by atoms with Crippen molar-refractivity contribution in [3.63, 3.8) is 0 Å². The van der Waals surface area contributed by atoms with Crippen molar-refractivity contribution < 1.29 is 9.84 Å². The monoisotopic (exact) mass is 170 g/mol. The van der Waals surface area contributed by atoms with E-state index >= 15 is 0 Å². The summed E-state index contributed by atoms with van der Waals surface area (Å²) in [6.45, 7) is 7.88. The Morgan fingerprint density at radius 3 is 2.58 bits per heavy atom. The summed E-state index contributed by atoms with van der Waals surface area (Å²) in [4.78, 5) is 0. The van der Waals surface area contributed by atoms with Crippen LogP contribution in [0.15, 0.2) is 11.6 Å². The summed E-state index contributed by atoms with van der Waals surface area (Å²) >= 11 is 0. The minimum absolute atomic E-state index is 0.215. The molecule has 1 saturated heterocycles. The van der Waals surface area contributed by atoms with E-state index in [4.69, 9.17) is 4.74 Å². The fourth-order valence-corrected chi connectivity index (χ4v) is 1.26. The third-order valence-corrected chi connectivity index (χ3v) is 2.55. The van der Waals surface area contributed by atoms with Crippen LogP contribution in [0.3, 0.4) is 0 Å². The highest BCUT2D eigenvalue weighted by Gasteiger charge is 2.54. The predicted molar refractivity (Wildman–Crippen MR) is 49.0 cm³/mol. The van der Waals surface area contributed by atoms with Gasteiger partial charge in [0.25, 0.3) is 0 Å². The van der Waals surface area contributed by atoms with Gasteiger partial charge >= 0.3 is 0 Å². The molecule has 1 fully saturated rings. The predicted octanol–water partition coefficient (Wildman–Crippen LogP) is 1.88. The zero-order valence-corrected chi connectivity index (χ0v) is 8.29. The summed E-state index contributed by atoms with van der Waals surface area (Å²) < 4.78 is 5.42. The van der Waals surface area contributed by atoms with E-state index in [-0.39, 0.29) is 17.8 Å². The summed E-state index contributed by atoms with van der Waals surface area (Å²) in [5.74, 6) is 0. The minimum atomic E-state index is -0.368. The van der Waals surface area contributed by atoms with Gasteiger partial charge in [-0.25, -0.2) is 0 Å². The maximum atomic E-state index is 9.34. The number of aliphatic hydroxyl groups excluding tert-OH is 1. The standard InChI is InChI=1S/C10H18O2/c1-7(2)5-6-9-10(4,12-9)8(3)11/h5,8-9,11H,6H2,1-4H3. The van der Waals surface area contributed by atoms with Crippen LogP contribution in [-0.2, 0) is 4.74 Å². The van der Waals surface area contributed by atoms with Gasteiger partial charge in [-0.1, -0.05) is 11.6 Å². The fourth-order valence-electron chi connectivity index (χ4n) is 1.26. The van der Waals surface area contributed by atoms with Crippen LogP contribution in [0.25, 0.3) is 0 Å². The quantitative estimate of drug-likeness (QED) is 0.518. The second kappa shape index (κ2) is 3.19. The number of hydrogen-bond acceptors (Lipinski definition) is 2. The zero-order chi connectivity index (χ0) is 9.35. The maximum Gasteiger partial charge on any atom is 0.118 e. The molecule has 1 aliphatic heterocycles. The van der Waals surface area contributed by atoms with Crippen molar-refractivity contribution in [3.05, 3.63) is 11.6 Å². The summed E-state index contributed by atoms with van der Waals surface area (Å²) in [5.41, 5.74) is 1.02. The number of rotatable bonds is 3. The van der Waals surface area contributed by atoms with E-state index in [1.165, 1.54) is 5.57 Å². The molecule has 0 amide bonds. The largest absolute Gasteiger partial charge is 0.390 e. The van der Waals surface area contributed by atoms with Gasteiger partial charge < -0.3 is 9.84 Å². The van der Waals surface area contributed by atoms with E-state index in [2.05, 4.69) is 19.9 Å². The van der Waals surface area contributed by atoms with Crippen LogP contribution >= 0.6 is 0 Å². The topological polar surface area (TPSA) is 32.8 Å². The van der Waals surface area contributed by atoms with Crippen molar-refractivity contribution in [2.45, 2.75) is 51.9 Å². The molecule has 3 atom stereocenters. The molecule has 0 aromatic heterocycles. The number of epoxide rings is 1. The third-order valence-electron chi connectivity index (χ3n) is 2.55. The molecule has 2 heteroatoms. The molecule has 0 aliphatic carbocycles. The summed E-state index contributed by atoms with van der Waals surface area (Å²) in [6.07, 6.45) is 2.92. The molecule has 3 unspecified atom stereocenters. The highest BCUT2D eigenvalue weighted by atomic mass is 16.6. The second-order valence-electron chi connectivity index (χ2n) is 3.98. The lowest BCUT2D eigenvalue weighted by Gasteiger charge is -2.08. The first kappa shape index (κ1) is 9.75. The molecule has 1 N–H and O–H groups in total. The van der Waals surface area contributed by atoms with E-state index in [0.29, 0.717) is 0 Å². The number of aliphatic hydroxyl groups is 1. The second-order valence-corrected chi connectivity index (χ2v) is 3.98. The zero-order valence-electron chi connectivity index (χ0n) is 8.29. The van der Waals surface area contributed by atoms with Crippen LogP contribution in [0.1, 0.15) is 34.1 Å². The number of allylic oxidation sites excluding steroid dienone is 1. The molecule has 0 aromatic rings. The van der Waals surface area contributed by atoms with Crippen molar-refractivity contribution in [2.75, 3.05) is 0 Å². The lowest BCUT2D eigenvalue weighted by molar-refractivity contribution is 0.101. The normalized spacial score (nSPS) is 35.9.